The monoisotopic (exact) mass is 206 g/mol. The van der Waals surface area contributed by atoms with Gasteiger partial charge in [-0.1, -0.05) is 44.1 Å². The smallest absolute Gasteiger partial charge is 0.121 e. The summed E-state index contributed by atoms with van der Waals surface area (Å²) >= 11 is 0. The summed E-state index contributed by atoms with van der Waals surface area (Å²) in [5.74, 6) is 0.162. The Hall–Kier alpha value is -1.28. The second-order valence-corrected chi connectivity index (χ2v) is 3.55. The Morgan fingerprint density at radius 2 is 2.13 bits per heavy atom. The van der Waals surface area contributed by atoms with Gasteiger partial charge in [-0.05, 0) is 18.1 Å². The minimum absolute atomic E-state index is 0.125. The van der Waals surface area contributed by atoms with Gasteiger partial charge in [0, 0.05) is 5.56 Å². The van der Waals surface area contributed by atoms with Gasteiger partial charge in [0.1, 0.15) is 5.75 Å². The van der Waals surface area contributed by atoms with E-state index in [1.807, 2.05) is 12.1 Å². The highest BCUT2D eigenvalue weighted by Crippen LogP contribution is 2.22. The SMILES string of the molecule is CCCCC=Cc1cccc(O)c1CO. The van der Waals surface area contributed by atoms with E-state index < -0.39 is 0 Å². The van der Waals surface area contributed by atoms with Crippen LogP contribution in [0, 0.1) is 0 Å². The topological polar surface area (TPSA) is 40.5 Å². The molecule has 2 heteroatoms. The number of rotatable bonds is 5. The highest BCUT2D eigenvalue weighted by atomic mass is 16.3. The average Bonchev–Trinajstić information content (AvgIpc) is 2.24. The van der Waals surface area contributed by atoms with Crippen LogP contribution in [0.2, 0.25) is 0 Å². The third kappa shape index (κ3) is 3.40. The molecular formula is C13H18O2. The van der Waals surface area contributed by atoms with Gasteiger partial charge in [-0.3, -0.25) is 0 Å². The molecule has 1 rings (SSSR count). The summed E-state index contributed by atoms with van der Waals surface area (Å²) in [6.45, 7) is 2.03. The van der Waals surface area contributed by atoms with Gasteiger partial charge < -0.3 is 10.2 Å². The van der Waals surface area contributed by atoms with Crippen LogP contribution in [0.25, 0.3) is 6.08 Å². The fourth-order valence-corrected chi connectivity index (χ4v) is 1.45. The molecule has 1 aromatic rings. The lowest BCUT2D eigenvalue weighted by molar-refractivity contribution is 0.275. The highest BCUT2D eigenvalue weighted by molar-refractivity contribution is 5.57. The summed E-state index contributed by atoms with van der Waals surface area (Å²) in [5.41, 5.74) is 1.50. The molecule has 0 heterocycles. The average molecular weight is 206 g/mol. The summed E-state index contributed by atoms with van der Waals surface area (Å²) in [5, 5.41) is 18.6. The first-order chi connectivity index (χ1) is 7.29. The zero-order valence-electron chi connectivity index (χ0n) is 9.11. The number of unbranched alkanes of at least 4 members (excludes halogenated alkanes) is 2. The predicted octanol–water partition coefficient (Wildman–Crippen LogP) is 3.09. The molecule has 0 aliphatic heterocycles. The maximum Gasteiger partial charge on any atom is 0.121 e. The fourth-order valence-electron chi connectivity index (χ4n) is 1.45. The number of benzene rings is 1. The molecule has 2 nitrogen and oxygen atoms in total. The summed E-state index contributed by atoms with van der Waals surface area (Å²) in [6.07, 6.45) is 7.43. The van der Waals surface area contributed by atoms with Gasteiger partial charge in [0.25, 0.3) is 0 Å². The Bertz CT molecular complexity index is 329. The van der Waals surface area contributed by atoms with Crippen LogP contribution in [-0.4, -0.2) is 10.2 Å². The molecule has 82 valence electrons. The lowest BCUT2D eigenvalue weighted by atomic mass is 10.1. The van der Waals surface area contributed by atoms with Gasteiger partial charge in [0.15, 0.2) is 0 Å². The molecule has 0 fully saturated rings. The Morgan fingerprint density at radius 3 is 2.80 bits per heavy atom. The Morgan fingerprint density at radius 1 is 1.33 bits per heavy atom. The molecule has 15 heavy (non-hydrogen) atoms. The Balaban J connectivity index is 2.75. The van der Waals surface area contributed by atoms with Crippen molar-refractivity contribution >= 4 is 6.08 Å². The van der Waals surface area contributed by atoms with Crippen LogP contribution in [0.3, 0.4) is 0 Å². The normalized spacial score (nSPS) is 11.1. The summed E-state index contributed by atoms with van der Waals surface area (Å²) in [4.78, 5) is 0. The van der Waals surface area contributed by atoms with Crippen molar-refractivity contribution in [3.8, 4) is 5.75 Å². The summed E-state index contributed by atoms with van der Waals surface area (Å²) < 4.78 is 0. The van der Waals surface area contributed by atoms with E-state index in [1.54, 1.807) is 12.1 Å². The summed E-state index contributed by atoms with van der Waals surface area (Å²) in [7, 11) is 0. The third-order valence-electron chi connectivity index (χ3n) is 2.37. The maximum absolute atomic E-state index is 9.50. The van der Waals surface area contributed by atoms with Crippen LogP contribution in [0.5, 0.6) is 5.75 Å². The molecule has 0 saturated carbocycles. The van der Waals surface area contributed by atoms with Crippen LogP contribution in [0.1, 0.15) is 37.3 Å². The molecular weight excluding hydrogens is 188 g/mol. The van der Waals surface area contributed by atoms with Gasteiger partial charge in [-0.25, -0.2) is 0 Å². The number of aliphatic hydroxyl groups excluding tert-OH is 1. The number of aromatic hydroxyl groups is 1. The first-order valence-electron chi connectivity index (χ1n) is 5.37. The van der Waals surface area contributed by atoms with E-state index in [2.05, 4.69) is 13.0 Å². The zero-order chi connectivity index (χ0) is 11.1. The number of allylic oxidation sites excluding steroid dienone is 1. The maximum atomic E-state index is 9.50. The molecule has 2 N–H and O–H groups in total. The van der Waals surface area contributed by atoms with Crippen molar-refractivity contribution in [1.82, 2.24) is 0 Å². The van der Waals surface area contributed by atoms with Crippen LogP contribution in [0.15, 0.2) is 24.3 Å². The van der Waals surface area contributed by atoms with E-state index in [1.165, 1.54) is 12.8 Å². The second-order valence-electron chi connectivity index (χ2n) is 3.55. The molecule has 0 saturated heterocycles. The van der Waals surface area contributed by atoms with Gasteiger partial charge >= 0.3 is 0 Å². The number of aliphatic hydroxyl groups is 1. The molecule has 1 aromatic carbocycles. The van der Waals surface area contributed by atoms with Crippen LogP contribution in [-0.2, 0) is 6.61 Å². The van der Waals surface area contributed by atoms with Crippen molar-refractivity contribution in [1.29, 1.82) is 0 Å². The van der Waals surface area contributed by atoms with Gasteiger partial charge in [-0.15, -0.1) is 0 Å². The number of phenols is 1. The largest absolute Gasteiger partial charge is 0.508 e. The van der Waals surface area contributed by atoms with Crippen LogP contribution < -0.4 is 0 Å². The van der Waals surface area contributed by atoms with Gasteiger partial charge in [0.2, 0.25) is 0 Å². The Kier molecular flexibility index (Phi) is 4.91. The van der Waals surface area contributed by atoms with E-state index >= 15 is 0 Å². The molecule has 0 amide bonds. The first-order valence-corrected chi connectivity index (χ1v) is 5.37. The van der Waals surface area contributed by atoms with Crippen molar-refractivity contribution in [2.24, 2.45) is 0 Å². The molecule has 0 aliphatic rings. The molecule has 0 unspecified atom stereocenters. The van der Waals surface area contributed by atoms with E-state index in [0.717, 1.165) is 12.0 Å². The highest BCUT2D eigenvalue weighted by Gasteiger charge is 2.02. The second kappa shape index (κ2) is 6.25. The number of hydrogen-bond acceptors (Lipinski definition) is 2. The quantitative estimate of drug-likeness (QED) is 0.727. The number of hydrogen-bond donors (Lipinski definition) is 2. The minimum Gasteiger partial charge on any atom is -0.508 e. The molecule has 0 spiro atoms. The predicted molar refractivity (Wildman–Crippen MR) is 62.6 cm³/mol. The third-order valence-corrected chi connectivity index (χ3v) is 2.37. The van der Waals surface area contributed by atoms with Crippen LogP contribution >= 0.6 is 0 Å². The molecule has 0 bridgehead atoms. The van der Waals surface area contributed by atoms with E-state index in [0.29, 0.717) is 5.56 Å². The lowest BCUT2D eigenvalue weighted by Gasteiger charge is -2.04. The van der Waals surface area contributed by atoms with Crippen molar-refractivity contribution in [3.05, 3.63) is 35.4 Å². The molecule has 0 atom stereocenters. The van der Waals surface area contributed by atoms with Crippen molar-refractivity contribution in [2.75, 3.05) is 0 Å². The van der Waals surface area contributed by atoms with E-state index in [-0.39, 0.29) is 12.4 Å². The first kappa shape index (κ1) is 11.8. The fraction of sp³-hybridized carbons (Fsp3) is 0.385. The molecule has 0 aromatic heterocycles. The zero-order valence-corrected chi connectivity index (χ0v) is 9.11. The molecule has 0 radical (unpaired) electrons. The van der Waals surface area contributed by atoms with Crippen molar-refractivity contribution in [3.63, 3.8) is 0 Å². The van der Waals surface area contributed by atoms with Crippen molar-refractivity contribution in [2.45, 2.75) is 32.8 Å². The van der Waals surface area contributed by atoms with Crippen molar-refractivity contribution < 1.29 is 10.2 Å². The van der Waals surface area contributed by atoms with Gasteiger partial charge in [0.05, 0.1) is 6.61 Å². The molecule has 0 aliphatic carbocycles. The minimum atomic E-state index is -0.125. The lowest BCUT2D eigenvalue weighted by Crippen LogP contribution is -1.88. The van der Waals surface area contributed by atoms with E-state index in [4.69, 9.17) is 5.11 Å². The Labute approximate surface area is 90.9 Å². The van der Waals surface area contributed by atoms with E-state index in [9.17, 15) is 5.11 Å². The van der Waals surface area contributed by atoms with Crippen LogP contribution in [0.4, 0.5) is 0 Å². The standard InChI is InChI=1S/C13H18O2/c1-2-3-4-5-7-11-8-6-9-13(15)12(11)10-14/h5-9,14-15H,2-4,10H2,1H3. The van der Waals surface area contributed by atoms with Gasteiger partial charge in [-0.2, -0.15) is 0 Å². The summed E-state index contributed by atoms with van der Waals surface area (Å²) in [6, 6.07) is 5.27.